The second kappa shape index (κ2) is 7.29. The number of benzene rings is 1. The summed E-state index contributed by atoms with van der Waals surface area (Å²) >= 11 is 1.02. The van der Waals surface area contributed by atoms with E-state index in [1.54, 1.807) is 28.5 Å². The average molecular weight is 448 g/mol. The van der Waals surface area contributed by atoms with Gasteiger partial charge in [-0.15, -0.1) is 11.3 Å². The summed E-state index contributed by atoms with van der Waals surface area (Å²) in [5, 5.41) is 5.43. The predicted octanol–water partition coefficient (Wildman–Crippen LogP) is 2.56. The number of fused-ring (bicyclic) bond motifs is 1. The first-order valence-corrected chi connectivity index (χ1v) is 11.5. The summed E-state index contributed by atoms with van der Waals surface area (Å²) in [6.45, 7) is 1.44. The topological polar surface area (TPSA) is 124 Å². The highest BCUT2D eigenvalue weighted by molar-refractivity contribution is 7.94. The van der Waals surface area contributed by atoms with Gasteiger partial charge in [0.05, 0.1) is 5.69 Å². The molecule has 0 unspecified atom stereocenters. The van der Waals surface area contributed by atoms with Gasteiger partial charge in [0.1, 0.15) is 4.21 Å². The van der Waals surface area contributed by atoms with Crippen molar-refractivity contribution in [1.82, 2.24) is 15.0 Å². The van der Waals surface area contributed by atoms with Gasteiger partial charge in [0, 0.05) is 30.1 Å². The Morgan fingerprint density at radius 1 is 1.13 bits per heavy atom. The number of amides is 1. The quantitative estimate of drug-likeness (QED) is 0.632. The van der Waals surface area contributed by atoms with E-state index in [9.17, 15) is 13.2 Å². The molecule has 2 aromatic heterocycles. The van der Waals surface area contributed by atoms with E-state index in [1.165, 1.54) is 6.07 Å². The summed E-state index contributed by atoms with van der Waals surface area (Å²) in [7, 11) is -3.83. The number of nitrogens with zero attached hydrogens (tertiary/aromatic N) is 3. The molecule has 2 aliphatic rings. The summed E-state index contributed by atoms with van der Waals surface area (Å²) in [5.74, 6) is 0.801. The summed E-state index contributed by atoms with van der Waals surface area (Å²) in [6.07, 6.45) is 1.91. The van der Waals surface area contributed by atoms with Crippen molar-refractivity contribution < 1.29 is 27.2 Å². The Balaban J connectivity index is 1.34. The number of anilines is 1. The van der Waals surface area contributed by atoms with Crippen LogP contribution in [0.3, 0.4) is 0 Å². The average Bonchev–Trinajstić information content (AvgIpc) is 3.53. The molecule has 1 amide bonds. The lowest BCUT2D eigenvalue weighted by molar-refractivity contribution is 0.0743. The maximum atomic E-state index is 12.7. The van der Waals surface area contributed by atoms with Crippen LogP contribution in [0.5, 0.6) is 11.5 Å². The second-order valence-electron chi connectivity index (χ2n) is 6.75. The fourth-order valence-electron chi connectivity index (χ4n) is 3.22. The van der Waals surface area contributed by atoms with Crippen LogP contribution < -0.4 is 14.2 Å². The van der Waals surface area contributed by atoms with Gasteiger partial charge in [-0.25, -0.2) is 8.42 Å². The highest BCUT2D eigenvalue weighted by Gasteiger charge is 2.26. The van der Waals surface area contributed by atoms with Crippen LogP contribution in [0, 0.1) is 0 Å². The molecule has 1 fully saturated rings. The number of sulfonamides is 1. The number of thiophene rings is 1. The van der Waals surface area contributed by atoms with Crippen molar-refractivity contribution in [1.29, 1.82) is 0 Å². The molecule has 0 aliphatic carbocycles. The smallest absolute Gasteiger partial charge is 0.316 e. The van der Waals surface area contributed by atoms with Gasteiger partial charge in [0.15, 0.2) is 11.5 Å². The molecule has 2 aliphatic heterocycles. The SMILES string of the molecule is O=C(c1nc(-c2csc(S(=O)(=O)Nc3ccc4c(c3)OCO4)c2)no1)N1CCCC1. The van der Waals surface area contributed by atoms with Crippen LogP contribution >= 0.6 is 11.3 Å². The summed E-state index contributed by atoms with van der Waals surface area (Å²) in [6, 6.07) is 6.23. The number of likely N-dealkylation sites (tertiary alicyclic amines) is 1. The molecule has 0 saturated carbocycles. The molecule has 156 valence electrons. The maximum Gasteiger partial charge on any atom is 0.316 e. The van der Waals surface area contributed by atoms with E-state index in [0.717, 1.165) is 24.2 Å². The van der Waals surface area contributed by atoms with E-state index in [2.05, 4.69) is 14.9 Å². The van der Waals surface area contributed by atoms with E-state index in [4.69, 9.17) is 14.0 Å². The molecule has 30 heavy (non-hydrogen) atoms. The van der Waals surface area contributed by atoms with Crippen molar-refractivity contribution in [2.75, 3.05) is 24.6 Å². The highest BCUT2D eigenvalue weighted by Crippen LogP contribution is 2.35. The van der Waals surface area contributed by atoms with Crippen molar-refractivity contribution in [3.05, 3.63) is 35.5 Å². The second-order valence-corrected chi connectivity index (χ2v) is 9.57. The molecule has 1 saturated heterocycles. The number of nitrogens with one attached hydrogen (secondary N) is 1. The predicted molar refractivity (Wildman–Crippen MR) is 106 cm³/mol. The number of carbonyl (C=O) groups is 1. The highest BCUT2D eigenvalue weighted by atomic mass is 32.2. The summed E-state index contributed by atoms with van der Waals surface area (Å²) < 4.78 is 43.6. The molecule has 10 nitrogen and oxygen atoms in total. The minimum absolute atomic E-state index is 0.0763. The lowest BCUT2D eigenvalue weighted by Crippen LogP contribution is -2.27. The van der Waals surface area contributed by atoms with Gasteiger partial charge in [-0.2, -0.15) is 4.98 Å². The standard InChI is InChI=1S/C18H16N4O6S2/c23-18(22-5-1-2-6-22)17-19-16(20-28-17)11-7-15(29-9-11)30(24,25)21-12-3-4-13-14(8-12)27-10-26-13/h3-4,7-9,21H,1-2,5-6,10H2. The Hall–Kier alpha value is -3.12. The fraction of sp³-hybridized carbons (Fsp3) is 0.278. The largest absolute Gasteiger partial charge is 0.454 e. The lowest BCUT2D eigenvalue weighted by Gasteiger charge is -2.10. The van der Waals surface area contributed by atoms with E-state index in [0.29, 0.717) is 35.8 Å². The van der Waals surface area contributed by atoms with Crippen molar-refractivity contribution in [3.63, 3.8) is 0 Å². The van der Waals surface area contributed by atoms with Crippen LogP contribution in [0.2, 0.25) is 0 Å². The van der Waals surface area contributed by atoms with Crippen molar-refractivity contribution in [2.45, 2.75) is 17.1 Å². The number of hydrogen-bond acceptors (Lipinski definition) is 9. The van der Waals surface area contributed by atoms with Crippen LogP contribution in [0.4, 0.5) is 5.69 Å². The van der Waals surface area contributed by atoms with Gasteiger partial charge in [-0.1, -0.05) is 5.16 Å². The molecule has 1 N–H and O–H groups in total. The molecule has 0 atom stereocenters. The Morgan fingerprint density at radius 3 is 2.77 bits per heavy atom. The first-order chi connectivity index (χ1) is 14.5. The molecule has 0 spiro atoms. The van der Waals surface area contributed by atoms with Crippen molar-refractivity contribution in [3.8, 4) is 22.9 Å². The van der Waals surface area contributed by atoms with Gasteiger partial charge in [0.25, 0.3) is 10.0 Å². The fourth-order valence-corrected chi connectivity index (χ4v) is 5.43. The molecule has 1 aromatic carbocycles. The van der Waals surface area contributed by atoms with Gasteiger partial charge >= 0.3 is 11.8 Å². The molecular weight excluding hydrogens is 432 g/mol. The van der Waals surface area contributed by atoms with Gasteiger partial charge in [-0.05, 0) is 31.0 Å². The van der Waals surface area contributed by atoms with Crippen LogP contribution in [0.15, 0.2) is 38.4 Å². The first-order valence-electron chi connectivity index (χ1n) is 9.14. The zero-order valence-corrected chi connectivity index (χ0v) is 17.2. The number of hydrogen-bond donors (Lipinski definition) is 1. The number of carbonyl (C=O) groups excluding carboxylic acids is 1. The molecule has 12 heteroatoms. The van der Waals surface area contributed by atoms with E-state index >= 15 is 0 Å². The molecule has 0 bridgehead atoms. The Bertz CT molecular complexity index is 1210. The third kappa shape index (κ3) is 3.48. The van der Waals surface area contributed by atoms with Crippen molar-refractivity contribution >= 4 is 33.0 Å². The normalized spacial score (nSPS) is 15.5. The monoisotopic (exact) mass is 448 g/mol. The molecule has 3 aromatic rings. The van der Waals surface area contributed by atoms with Gasteiger partial charge in [-0.3, -0.25) is 9.52 Å². The molecule has 5 rings (SSSR count). The molecule has 4 heterocycles. The van der Waals surface area contributed by atoms with Gasteiger partial charge in [0.2, 0.25) is 12.6 Å². The molecule has 0 radical (unpaired) electrons. The number of ether oxygens (including phenoxy) is 2. The summed E-state index contributed by atoms with van der Waals surface area (Å²) in [4.78, 5) is 18.1. The lowest BCUT2D eigenvalue weighted by atomic mass is 10.3. The number of rotatable bonds is 5. The minimum atomic E-state index is -3.83. The van der Waals surface area contributed by atoms with Crippen LogP contribution in [0.25, 0.3) is 11.4 Å². The number of aromatic nitrogens is 2. The Labute approximate surface area is 175 Å². The van der Waals surface area contributed by atoms with Crippen molar-refractivity contribution in [2.24, 2.45) is 0 Å². The Kier molecular flexibility index (Phi) is 4.59. The first kappa shape index (κ1) is 18.9. The Morgan fingerprint density at radius 2 is 1.93 bits per heavy atom. The van der Waals surface area contributed by atoms with Gasteiger partial charge < -0.3 is 18.9 Å². The third-order valence-corrected chi connectivity index (χ3v) is 7.55. The van der Waals surface area contributed by atoms with Crippen LogP contribution in [0.1, 0.15) is 23.5 Å². The van der Waals surface area contributed by atoms with Crippen LogP contribution in [-0.4, -0.2) is 49.2 Å². The van der Waals surface area contributed by atoms with E-state index in [-0.39, 0.29) is 28.6 Å². The van der Waals surface area contributed by atoms with Crippen LogP contribution in [-0.2, 0) is 10.0 Å². The maximum absolute atomic E-state index is 12.7. The zero-order chi connectivity index (χ0) is 20.7. The minimum Gasteiger partial charge on any atom is -0.454 e. The van der Waals surface area contributed by atoms with E-state index in [1.807, 2.05) is 0 Å². The summed E-state index contributed by atoms with van der Waals surface area (Å²) in [5.41, 5.74) is 0.808. The van der Waals surface area contributed by atoms with E-state index < -0.39 is 10.0 Å². The molecular formula is C18H16N4O6S2. The third-order valence-electron chi connectivity index (χ3n) is 4.73. The zero-order valence-electron chi connectivity index (χ0n) is 15.5.